The third-order valence-corrected chi connectivity index (χ3v) is 4.34. The maximum absolute atomic E-state index is 2.29. The Kier molecular flexibility index (Phi) is 2.25. The van der Waals surface area contributed by atoms with Crippen LogP contribution in [0.5, 0.6) is 0 Å². The molecule has 0 N–H and O–H groups in total. The summed E-state index contributed by atoms with van der Waals surface area (Å²) in [6.07, 6.45) is 6.33. The summed E-state index contributed by atoms with van der Waals surface area (Å²) >= 11 is 0. The van der Waals surface area contributed by atoms with Crippen molar-refractivity contribution >= 4 is 32.6 Å². The van der Waals surface area contributed by atoms with Gasteiger partial charge in [-0.1, -0.05) is 24.3 Å². The van der Waals surface area contributed by atoms with Crippen LogP contribution in [0.1, 0.15) is 0 Å². The standard InChI is InChI=1S/C20H14N2/c1-2-6-16-12-19-17(11-15(16)5-1)8-10-22-14-21-9-4-3-7-18(21)13-20(19)22/h1-14H/q+2. The van der Waals surface area contributed by atoms with Crippen LogP contribution in [-0.2, 0) is 0 Å². The monoisotopic (exact) mass is 282 g/mol. The molecule has 0 fully saturated rings. The average Bonchev–Trinajstić information content (AvgIpc) is 2.58. The number of fused-ring (bicyclic) bond motifs is 5. The van der Waals surface area contributed by atoms with E-state index in [1.807, 2.05) is 6.07 Å². The second-order valence-corrected chi connectivity index (χ2v) is 5.69. The molecule has 2 heteroatoms. The van der Waals surface area contributed by atoms with Crippen molar-refractivity contribution in [3.63, 3.8) is 0 Å². The molecule has 0 saturated carbocycles. The predicted octanol–water partition coefficient (Wildman–Crippen LogP) is 3.47. The molecule has 2 nitrogen and oxygen atoms in total. The van der Waals surface area contributed by atoms with E-state index in [2.05, 4.69) is 88.2 Å². The van der Waals surface area contributed by atoms with Crippen molar-refractivity contribution in [2.24, 2.45) is 0 Å². The molecule has 0 atom stereocenters. The second kappa shape index (κ2) is 4.25. The molecule has 3 heterocycles. The lowest BCUT2D eigenvalue weighted by atomic mass is 10.0. The van der Waals surface area contributed by atoms with Gasteiger partial charge in [0.1, 0.15) is 0 Å². The minimum absolute atomic E-state index is 1.20. The first kappa shape index (κ1) is 11.6. The van der Waals surface area contributed by atoms with Crippen LogP contribution < -0.4 is 8.80 Å². The molecule has 0 saturated heterocycles. The molecule has 2 aromatic carbocycles. The molecule has 0 radical (unpaired) electrons. The van der Waals surface area contributed by atoms with Crippen LogP contribution in [0.2, 0.25) is 0 Å². The van der Waals surface area contributed by atoms with Crippen molar-refractivity contribution < 1.29 is 8.80 Å². The highest BCUT2D eigenvalue weighted by Gasteiger charge is 2.14. The van der Waals surface area contributed by atoms with Gasteiger partial charge in [0.25, 0.3) is 0 Å². The summed E-state index contributed by atoms with van der Waals surface area (Å²) in [6.45, 7) is 0. The highest BCUT2D eigenvalue weighted by molar-refractivity contribution is 6.03. The maximum atomic E-state index is 2.29. The third-order valence-electron chi connectivity index (χ3n) is 4.34. The minimum atomic E-state index is 1.20. The van der Waals surface area contributed by atoms with Crippen molar-refractivity contribution in [1.82, 2.24) is 0 Å². The molecule has 22 heavy (non-hydrogen) atoms. The summed E-state index contributed by atoms with van der Waals surface area (Å²) in [4.78, 5) is 0. The van der Waals surface area contributed by atoms with E-state index in [-0.39, 0.29) is 0 Å². The summed E-state index contributed by atoms with van der Waals surface area (Å²) in [5, 5.41) is 5.13. The van der Waals surface area contributed by atoms with E-state index in [1.54, 1.807) is 0 Å². The SMILES string of the molecule is c1ccc2cc3c(cc[n+]4c[n+]5ccccc5cc34)cc2c1. The quantitative estimate of drug-likeness (QED) is 0.233. The Morgan fingerprint density at radius 2 is 1.41 bits per heavy atom. The van der Waals surface area contributed by atoms with E-state index >= 15 is 0 Å². The molecular formula is C20H14N2+2. The summed E-state index contributed by atoms with van der Waals surface area (Å²) in [5.41, 5.74) is 2.43. The number of pyridine rings is 2. The first-order valence-electron chi connectivity index (χ1n) is 7.45. The lowest BCUT2D eigenvalue weighted by Gasteiger charge is -2.01. The average molecular weight is 282 g/mol. The van der Waals surface area contributed by atoms with Crippen molar-refractivity contribution in [3.8, 4) is 0 Å². The Morgan fingerprint density at radius 3 is 2.32 bits per heavy atom. The first-order chi connectivity index (χ1) is 10.9. The zero-order valence-corrected chi connectivity index (χ0v) is 12.0. The molecule has 0 aliphatic rings. The van der Waals surface area contributed by atoms with E-state index in [9.17, 15) is 0 Å². The van der Waals surface area contributed by atoms with Gasteiger partial charge >= 0.3 is 6.33 Å². The summed E-state index contributed by atoms with van der Waals surface area (Å²) < 4.78 is 4.32. The van der Waals surface area contributed by atoms with Crippen LogP contribution >= 0.6 is 0 Å². The largest absolute Gasteiger partial charge is 0.418 e. The van der Waals surface area contributed by atoms with Crippen LogP contribution in [0, 0.1) is 0 Å². The molecule has 0 aliphatic heterocycles. The molecule has 102 valence electrons. The van der Waals surface area contributed by atoms with Gasteiger partial charge in [-0.05, 0) is 34.4 Å². The fourth-order valence-corrected chi connectivity index (χ4v) is 3.22. The van der Waals surface area contributed by atoms with Gasteiger partial charge in [-0.25, -0.2) is 0 Å². The molecule has 3 aromatic heterocycles. The number of hydrogen-bond donors (Lipinski definition) is 0. The number of rotatable bonds is 0. The zero-order valence-electron chi connectivity index (χ0n) is 12.0. The topological polar surface area (TPSA) is 8.20 Å². The summed E-state index contributed by atoms with van der Waals surface area (Å²) in [7, 11) is 0. The summed E-state index contributed by atoms with van der Waals surface area (Å²) in [5.74, 6) is 0. The van der Waals surface area contributed by atoms with Crippen molar-refractivity contribution in [1.29, 1.82) is 0 Å². The molecule has 0 spiro atoms. The van der Waals surface area contributed by atoms with Gasteiger partial charge in [-0.2, -0.15) is 0 Å². The third kappa shape index (κ3) is 1.61. The molecule has 5 rings (SSSR count). The van der Waals surface area contributed by atoms with Crippen molar-refractivity contribution in [2.75, 3.05) is 0 Å². The maximum Gasteiger partial charge on any atom is 0.418 e. The molecule has 0 unspecified atom stereocenters. The highest BCUT2D eigenvalue weighted by Crippen LogP contribution is 2.24. The molecule has 0 bridgehead atoms. The van der Waals surface area contributed by atoms with Crippen molar-refractivity contribution in [2.45, 2.75) is 0 Å². The van der Waals surface area contributed by atoms with Crippen LogP contribution in [-0.4, -0.2) is 0 Å². The Labute approximate surface area is 127 Å². The van der Waals surface area contributed by atoms with E-state index in [1.165, 1.54) is 32.6 Å². The summed E-state index contributed by atoms with van der Waals surface area (Å²) in [6, 6.07) is 23.8. The number of aromatic nitrogens is 2. The molecule has 0 aliphatic carbocycles. The highest BCUT2D eigenvalue weighted by atomic mass is 15.0. The first-order valence-corrected chi connectivity index (χ1v) is 7.45. The fraction of sp³-hybridized carbons (Fsp3) is 0. The Balaban J connectivity index is 2.00. The predicted molar refractivity (Wildman–Crippen MR) is 87.8 cm³/mol. The van der Waals surface area contributed by atoms with Gasteiger partial charge in [0, 0.05) is 18.2 Å². The molecular weight excluding hydrogens is 268 g/mol. The minimum Gasteiger partial charge on any atom is -0.110 e. The van der Waals surface area contributed by atoms with E-state index in [0.29, 0.717) is 0 Å². The van der Waals surface area contributed by atoms with Gasteiger partial charge in [0.05, 0.1) is 11.5 Å². The lowest BCUT2D eigenvalue weighted by Crippen LogP contribution is -2.34. The van der Waals surface area contributed by atoms with Gasteiger partial charge in [-0.15, -0.1) is 8.80 Å². The Hall–Kier alpha value is -3.00. The van der Waals surface area contributed by atoms with Gasteiger partial charge < -0.3 is 0 Å². The molecule has 5 aromatic rings. The van der Waals surface area contributed by atoms with Crippen LogP contribution in [0.15, 0.2) is 85.5 Å². The second-order valence-electron chi connectivity index (χ2n) is 5.69. The van der Waals surface area contributed by atoms with E-state index in [0.717, 1.165) is 0 Å². The number of nitrogens with zero attached hydrogens (tertiary/aromatic N) is 2. The Morgan fingerprint density at radius 1 is 0.591 bits per heavy atom. The lowest BCUT2D eigenvalue weighted by molar-refractivity contribution is -0.654. The van der Waals surface area contributed by atoms with Crippen LogP contribution in [0.4, 0.5) is 0 Å². The normalized spacial score (nSPS) is 11.6. The fourth-order valence-electron chi connectivity index (χ4n) is 3.22. The zero-order chi connectivity index (χ0) is 14.5. The number of benzene rings is 2. The van der Waals surface area contributed by atoms with Gasteiger partial charge in [0.2, 0.25) is 11.0 Å². The number of hydrogen-bond acceptors (Lipinski definition) is 0. The van der Waals surface area contributed by atoms with Crippen LogP contribution in [0.25, 0.3) is 32.6 Å². The smallest absolute Gasteiger partial charge is 0.110 e. The van der Waals surface area contributed by atoms with E-state index in [4.69, 9.17) is 0 Å². The van der Waals surface area contributed by atoms with Crippen LogP contribution in [0.3, 0.4) is 0 Å². The van der Waals surface area contributed by atoms with Gasteiger partial charge in [-0.3, -0.25) is 0 Å². The van der Waals surface area contributed by atoms with Gasteiger partial charge in [0.15, 0.2) is 12.4 Å². The van der Waals surface area contributed by atoms with E-state index < -0.39 is 0 Å². The Bertz CT molecular complexity index is 1080. The molecule has 0 amide bonds. The van der Waals surface area contributed by atoms with Crippen molar-refractivity contribution in [3.05, 3.63) is 85.5 Å².